The second-order valence-electron chi connectivity index (χ2n) is 11.1. The molecule has 0 N–H and O–H groups in total. The Labute approximate surface area is 220 Å². The summed E-state index contributed by atoms with van der Waals surface area (Å²) >= 11 is 0. The van der Waals surface area contributed by atoms with E-state index in [-0.39, 0.29) is 23.8 Å². The first-order valence-corrected chi connectivity index (χ1v) is 13.9. The third-order valence-corrected chi connectivity index (χ3v) is 7.88. The Hall–Kier alpha value is -2.90. The molecule has 2 aliphatic heterocycles. The Balaban J connectivity index is 1.40. The summed E-state index contributed by atoms with van der Waals surface area (Å²) < 4.78 is 11.4. The number of hydrogen-bond acceptors (Lipinski definition) is 6. The third-order valence-electron chi connectivity index (χ3n) is 7.88. The minimum Gasteiger partial charge on any atom is -0.491 e. The molecule has 1 aromatic carbocycles. The van der Waals surface area contributed by atoms with E-state index in [4.69, 9.17) is 9.26 Å². The van der Waals surface area contributed by atoms with Crippen LogP contribution >= 0.6 is 0 Å². The Bertz CT molecular complexity index is 1060. The fraction of sp³-hybridized carbons (Fsp3) is 0.655. The predicted molar refractivity (Wildman–Crippen MR) is 141 cm³/mol. The number of aryl methyl sites for hydroxylation is 2. The van der Waals surface area contributed by atoms with Crippen LogP contribution in [0.2, 0.25) is 0 Å². The van der Waals surface area contributed by atoms with Crippen LogP contribution in [0.5, 0.6) is 5.75 Å². The zero-order valence-electron chi connectivity index (χ0n) is 22.9. The fourth-order valence-corrected chi connectivity index (χ4v) is 5.51. The zero-order chi connectivity index (χ0) is 26.4. The molecule has 1 saturated heterocycles. The number of nitrogens with zero attached hydrogens (tertiary/aromatic N) is 4. The van der Waals surface area contributed by atoms with Gasteiger partial charge in [-0.3, -0.25) is 9.59 Å². The van der Waals surface area contributed by atoms with Gasteiger partial charge >= 0.3 is 0 Å². The van der Waals surface area contributed by atoms with Crippen molar-refractivity contribution in [2.75, 3.05) is 26.2 Å². The van der Waals surface area contributed by atoms with Crippen LogP contribution in [0.4, 0.5) is 0 Å². The molecule has 202 valence electrons. The van der Waals surface area contributed by atoms with Gasteiger partial charge in [-0.2, -0.15) is 4.98 Å². The molecule has 1 spiro atoms. The number of piperidine rings is 1. The molecule has 8 heteroatoms. The number of hydrogen-bond donors (Lipinski definition) is 0. The zero-order valence-corrected chi connectivity index (χ0v) is 22.9. The minimum atomic E-state index is -0.418. The number of benzene rings is 1. The highest BCUT2D eigenvalue weighted by atomic mass is 16.5. The number of ether oxygens (including phenoxy) is 1. The van der Waals surface area contributed by atoms with Crippen LogP contribution in [0.1, 0.15) is 89.4 Å². The van der Waals surface area contributed by atoms with Gasteiger partial charge in [-0.15, -0.1) is 0 Å². The van der Waals surface area contributed by atoms with Gasteiger partial charge < -0.3 is 19.1 Å². The molecule has 8 nitrogen and oxygen atoms in total. The third kappa shape index (κ3) is 6.51. The van der Waals surface area contributed by atoms with Gasteiger partial charge in [0.2, 0.25) is 17.7 Å². The summed E-state index contributed by atoms with van der Waals surface area (Å²) in [5, 5.41) is 3.99. The molecule has 0 bridgehead atoms. The topological polar surface area (TPSA) is 88.8 Å². The van der Waals surface area contributed by atoms with Crippen LogP contribution in [0, 0.1) is 5.41 Å². The molecule has 2 aliphatic rings. The van der Waals surface area contributed by atoms with E-state index in [1.807, 2.05) is 35.8 Å². The van der Waals surface area contributed by atoms with E-state index in [2.05, 4.69) is 36.1 Å². The lowest BCUT2D eigenvalue weighted by atomic mass is 9.72. The molecule has 0 aliphatic carbocycles. The Kier molecular flexibility index (Phi) is 8.87. The van der Waals surface area contributed by atoms with E-state index in [0.717, 1.165) is 31.4 Å². The summed E-state index contributed by atoms with van der Waals surface area (Å²) in [6.45, 7) is 10.4. The molecule has 0 saturated carbocycles. The maximum Gasteiger partial charge on any atom is 0.229 e. The van der Waals surface area contributed by atoms with Crippen LogP contribution in [0.15, 0.2) is 28.8 Å². The molecular weight excluding hydrogens is 468 g/mol. The number of fused-ring (bicyclic) bond motifs is 1. The van der Waals surface area contributed by atoms with Gasteiger partial charge in [0.1, 0.15) is 12.4 Å². The molecular formula is C29H42N4O4. The van der Waals surface area contributed by atoms with Crippen molar-refractivity contribution in [3.05, 3.63) is 41.5 Å². The van der Waals surface area contributed by atoms with Gasteiger partial charge in [0.05, 0.1) is 12.0 Å². The van der Waals surface area contributed by atoms with Crippen molar-refractivity contribution in [2.45, 2.75) is 91.0 Å². The van der Waals surface area contributed by atoms with Gasteiger partial charge in [0.25, 0.3) is 0 Å². The Morgan fingerprint density at radius 3 is 2.51 bits per heavy atom. The summed E-state index contributed by atoms with van der Waals surface area (Å²) in [5.41, 5.74) is 0.819. The normalized spacial score (nSPS) is 18.9. The molecule has 37 heavy (non-hydrogen) atoms. The molecule has 3 heterocycles. The smallest absolute Gasteiger partial charge is 0.229 e. The van der Waals surface area contributed by atoms with Crippen molar-refractivity contribution < 1.29 is 18.8 Å². The number of para-hydroxylation sites is 1. The number of carbonyl (C=O) groups excluding carboxylic acids is 2. The quantitative estimate of drug-likeness (QED) is 0.575. The maximum absolute atomic E-state index is 14.0. The average Bonchev–Trinajstić information content (AvgIpc) is 3.37. The van der Waals surface area contributed by atoms with Crippen molar-refractivity contribution in [3.8, 4) is 5.75 Å². The van der Waals surface area contributed by atoms with Gasteiger partial charge in [0.15, 0.2) is 5.82 Å². The summed E-state index contributed by atoms with van der Waals surface area (Å²) in [5.74, 6) is 2.62. The summed E-state index contributed by atoms with van der Waals surface area (Å²) in [7, 11) is 0. The van der Waals surface area contributed by atoms with Crippen LogP contribution in [-0.2, 0) is 22.4 Å². The van der Waals surface area contributed by atoms with Gasteiger partial charge in [-0.25, -0.2) is 0 Å². The first kappa shape index (κ1) is 27.1. The highest BCUT2D eigenvalue weighted by molar-refractivity contribution is 5.84. The molecule has 2 aromatic rings. The van der Waals surface area contributed by atoms with Crippen LogP contribution in [0.3, 0.4) is 0 Å². The van der Waals surface area contributed by atoms with Crippen molar-refractivity contribution in [3.63, 3.8) is 0 Å². The largest absolute Gasteiger partial charge is 0.491 e. The monoisotopic (exact) mass is 510 g/mol. The van der Waals surface area contributed by atoms with Crippen molar-refractivity contribution in [1.29, 1.82) is 0 Å². The highest BCUT2D eigenvalue weighted by Gasteiger charge is 2.44. The van der Waals surface area contributed by atoms with E-state index in [1.165, 1.54) is 5.56 Å². The van der Waals surface area contributed by atoms with Gasteiger partial charge in [-0.1, -0.05) is 43.6 Å². The standard InChI is InChI=1S/C29H42N4O4/c1-21(2)27-30-25(37-31-27)12-13-26(34)32-17-15-29(16-18-32)14-8-7-10-23-9-5-6-11-24(23)36-20-19-33(22(3)4)28(29)35/h5-6,9,11,21-22H,7-8,10,12-20H2,1-4H3. The van der Waals surface area contributed by atoms with Crippen LogP contribution < -0.4 is 4.74 Å². The summed E-state index contributed by atoms with van der Waals surface area (Å²) in [6, 6.07) is 8.33. The fourth-order valence-electron chi connectivity index (χ4n) is 5.51. The molecule has 0 radical (unpaired) electrons. The molecule has 4 rings (SSSR count). The first-order chi connectivity index (χ1) is 17.8. The number of aromatic nitrogens is 2. The molecule has 0 unspecified atom stereocenters. The number of likely N-dealkylation sites (tertiary alicyclic amines) is 1. The van der Waals surface area contributed by atoms with E-state index in [9.17, 15) is 9.59 Å². The van der Waals surface area contributed by atoms with Crippen LogP contribution in [-0.4, -0.2) is 64.0 Å². The van der Waals surface area contributed by atoms with Gasteiger partial charge in [-0.05, 0) is 57.6 Å². The van der Waals surface area contributed by atoms with E-state index < -0.39 is 5.41 Å². The lowest BCUT2D eigenvalue weighted by Crippen LogP contribution is -2.53. The van der Waals surface area contributed by atoms with Crippen LogP contribution in [0.25, 0.3) is 0 Å². The highest BCUT2D eigenvalue weighted by Crippen LogP contribution is 2.40. The van der Waals surface area contributed by atoms with Gasteiger partial charge in [0, 0.05) is 37.9 Å². The van der Waals surface area contributed by atoms with E-state index in [0.29, 0.717) is 63.6 Å². The Morgan fingerprint density at radius 2 is 1.81 bits per heavy atom. The van der Waals surface area contributed by atoms with Crippen molar-refractivity contribution in [2.24, 2.45) is 5.41 Å². The summed E-state index contributed by atoms with van der Waals surface area (Å²) in [6.07, 6.45) is 6.01. The van der Waals surface area contributed by atoms with E-state index >= 15 is 0 Å². The molecule has 1 fully saturated rings. The molecule has 0 atom stereocenters. The minimum absolute atomic E-state index is 0.0884. The number of rotatable bonds is 5. The number of amides is 2. The predicted octanol–water partition coefficient (Wildman–Crippen LogP) is 4.78. The maximum atomic E-state index is 14.0. The second kappa shape index (κ2) is 12.1. The molecule has 2 amide bonds. The Morgan fingerprint density at radius 1 is 1.05 bits per heavy atom. The lowest BCUT2D eigenvalue weighted by molar-refractivity contribution is -0.151. The number of carbonyl (C=O) groups is 2. The van der Waals surface area contributed by atoms with Crippen molar-refractivity contribution in [1.82, 2.24) is 19.9 Å². The second-order valence-corrected chi connectivity index (χ2v) is 11.1. The summed E-state index contributed by atoms with van der Waals surface area (Å²) in [4.78, 5) is 35.3. The SMILES string of the molecule is CC(C)c1noc(CCC(=O)N2CCC3(CCCCc4ccccc4OCCN(C(C)C)C3=O)CC2)n1. The lowest BCUT2D eigenvalue weighted by Gasteiger charge is -2.44. The first-order valence-electron chi connectivity index (χ1n) is 13.9. The average molecular weight is 511 g/mol. The van der Waals surface area contributed by atoms with E-state index in [1.54, 1.807) is 0 Å². The van der Waals surface area contributed by atoms with Crippen molar-refractivity contribution >= 4 is 11.8 Å². The molecule has 1 aromatic heterocycles.